The topological polar surface area (TPSA) is 130 Å². The highest BCUT2D eigenvalue weighted by Crippen LogP contribution is 2.38. The van der Waals surface area contributed by atoms with Crippen molar-refractivity contribution in [1.29, 1.82) is 0 Å². The Hall–Kier alpha value is -4.90. The van der Waals surface area contributed by atoms with E-state index in [0.717, 1.165) is 16.9 Å². The molecular weight excluding hydrogens is 560 g/mol. The molecule has 2 aromatic heterocycles. The number of hydrogen-bond donors (Lipinski definition) is 1. The van der Waals surface area contributed by atoms with Crippen LogP contribution in [0.1, 0.15) is 47.1 Å². The Morgan fingerprint density at radius 3 is 2.57 bits per heavy atom. The second-order valence-electron chi connectivity index (χ2n) is 9.45. The average Bonchev–Trinajstić information content (AvgIpc) is 3.56. The molecule has 2 aromatic carbocycles. The molecule has 1 atom stereocenters. The minimum absolute atomic E-state index is 0.141. The number of methoxy groups -OCH3 is 2. The number of aromatic carboxylic acids is 1. The number of furan rings is 1. The van der Waals surface area contributed by atoms with Gasteiger partial charge in [0.25, 0.3) is 5.56 Å². The maximum Gasteiger partial charge on any atom is 0.338 e. The van der Waals surface area contributed by atoms with Crippen molar-refractivity contribution in [3.63, 3.8) is 0 Å². The third kappa shape index (κ3) is 5.14. The predicted octanol–water partition coefficient (Wildman–Crippen LogP) is 4.08. The van der Waals surface area contributed by atoms with Gasteiger partial charge in [0.15, 0.2) is 4.80 Å². The van der Waals surface area contributed by atoms with E-state index in [2.05, 4.69) is 4.99 Å². The van der Waals surface area contributed by atoms with Gasteiger partial charge in [-0.3, -0.25) is 9.36 Å². The van der Waals surface area contributed by atoms with Crippen molar-refractivity contribution >= 4 is 29.4 Å². The third-order valence-corrected chi connectivity index (χ3v) is 7.88. The van der Waals surface area contributed by atoms with Crippen LogP contribution in [0.5, 0.6) is 11.5 Å². The summed E-state index contributed by atoms with van der Waals surface area (Å²) in [4.78, 5) is 43.6. The van der Waals surface area contributed by atoms with Crippen molar-refractivity contribution in [2.75, 3.05) is 20.8 Å². The molecule has 5 rings (SSSR count). The number of aryl methyl sites for hydroxylation is 1. The van der Waals surface area contributed by atoms with E-state index in [0.29, 0.717) is 49.2 Å². The third-order valence-electron chi connectivity index (χ3n) is 6.90. The van der Waals surface area contributed by atoms with E-state index < -0.39 is 18.0 Å². The predicted molar refractivity (Wildman–Crippen MR) is 156 cm³/mol. The van der Waals surface area contributed by atoms with E-state index in [1.807, 2.05) is 6.92 Å². The molecule has 1 aliphatic rings. The molecule has 0 bridgehead atoms. The molecule has 0 fully saturated rings. The summed E-state index contributed by atoms with van der Waals surface area (Å²) < 4.78 is 24.2. The standard InChI is InChI=1S/C31H28N2O8S/c1-6-40-30(37)26-17(3)32-31-33(27(26)22-14-19(38-4)9-11-23(22)39-5)28(34)25(42-31)15-20-10-12-24(41-20)21-13-18(29(35)36)8-7-16(21)2/h7-15,27H,6H2,1-5H3,(H,35,36)/b25-15-/t27-/m1/s1. The zero-order valence-corrected chi connectivity index (χ0v) is 24.4. The van der Waals surface area contributed by atoms with Crippen LogP contribution in [0.2, 0.25) is 0 Å². The molecule has 0 aliphatic carbocycles. The smallest absolute Gasteiger partial charge is 0.338 e. The number of thiazole rings is 1. The molecule has 1 aliphatic heterocycles. The van der Waals surface area contributed by atoms with E-state index in [9.17, 15) is 19.5 Å². The summed E-state index contributed by atoms with van der Waals surface area (Å²) in [6.07, 6.45) is 1.60. The van der Waals surface area contributed by atoms with E-state index >= 15 is 0 Å². The van der Waals surface area contributed by atoms with Crippen LogP contribution in [0, 0.1) is 6.92 Å². The number of hydrogen-bond acceptors (Lipinski definition) is 9. The summed E-state index contributed by atoms with van der Waals surface area (Å²) in [6, 6.07) is 12.5. The summed E-state index contributed by atoms with van der Waals surface area (Å²) >= 11 is 1.16. The lowest BCUT2D eigenvalue weighted by Crippen LogP contribution is -2.40. The van der Waals surface area contributed by atoms with Gasteiger partial charge in [-0.15, -0.1) is 0 Å². The van der Waals surface area contributed by atoms with Crippen LogP contribution in [0.3, 0.4) is 0 Å². The first kappa shape index (κ1) is 28.6. The minimum Gasteiger partial charge on any atom is -0.497 e. The van der Waals surface area contributed by atoms with Crippen molar-refractivity contribution < 1.29 is 33.3 Å². The van der Waals surface area contributed by atoms with Gasteiger partial charge in [-0.25, -0.2) is 14.6 Å². The number of ether oxygens (including phenoxy) is 3. The number of esters is 1. The molecule has 4 aromatic rings. The number of benzene rings is 2. The fourth-order valence-electron chi connectivity index (χ4n) is 4.86. The normalized spacial score (nSPS) is 14.8. The molecule has 11 heteroatoms. The second kappa shape index (κ2) is 11.5. The van der Waals surface area contributed by atoms with Crippen molar-refractivity contribution in [2.45, 2.75) is 26.8 Å². The zero-order valence-electron chi connectivity index (χ0n) is 23.6. The van der Waals surface area contributed by atoms with Gasteiger partial charge in [0, 0.05) is 17.2 Å². The number of carboxylic acid groups (broad SMARTS) is 1. The zero-order chi connectivity index (χ0) is 30.1. The van der Waals surface area contributed by atoms with Gasteiger partial charge in [0.1, 0.15) is 29.1 Å². The van der Waals surface area contributed by atoms with Gasteiger partial charge < -0.3 is 23.7 Å². The highest BCUT2D eigenvalue weighted by atomic mass is 32.1. The van der Waals surface area contributed by atoms with Crippen LogP contribution in [0.25, 0.3) is 17.4 Å². The number of carboxylic acids is 1. The monoisotopic (exact) mass is 588 g/mol. The molecule has 0 spiro atoms. The minimum atomic E-state index is -1.04. The first-order chi connectivity index (χ1) is 20.2. The maximum absolute atomic E-state index is 14.0. The second-order valence-corrected chi connectivity index (χ2v) is 10.5. The Morgan fingerprint density at radius 1 is 1.10 bits per heavy atom. The van der Waals surface area contributed by atoms with E-state index in [1.54, 1.807) is 62.4 Å². The van der Waals surface area contributed by atoms with Gasteiger partial charge in [-0.05, 0) is 68.8 Å². The van der Waals surface area contributed by atoms with Crippen LogP contribution < -0.4 is 24.4 Å². The molecule has 0 saturated carbocycles. The van der Waals surface area contributed by atoms with Crippen LogP contribution >= 0.6 is 11.3 Å². The Bertz CT molecular complexity index is 1930. The van der Waals surface area contributed by atoms with Crippen LogP contribution in [-0.4, -0.2) is 42.4 Å². The molecule has 0 radical (unpaired) electrons. The number of carbonyl (C=O) groups is 2. The van der Waals surface area contributed by atoms with Gasteiger partial charge in [0.05, 0.1) is 42.2 Å². The highest BCUT2D eigenvalue weighted by Gasteiger charge is 2.35. The Balaban J connectivity index is 1.67. The fourth-order valence-corrected chi connectivity index (χ4v) is 5.89. The quantitative estimate of drug-likeness (QED) is 0.305. The summed E-state index contributed by atoms with van der Waals surface area (Å²) in [5.41, 5.74) is 2.41. The molecule has 216 valence electrons. The van der Waals surface area contributed by atoms with E-state index in [4.69, 9.17) is 18.6 Å². The Labute approximate surface area is 244 Å². The highest BCUT2D eigenvalue weighted by molar-refractivity contribution is 7.07. The van der Waals surface area contributed by atoms with Gasteiger partial charge in [-0.2, -0.15) is 0 Å². The summed E-state index contributed by atoms with van der Waals surface area (Å²) in [6.45, 7) is 5.42. The molecule has 0 unspecified atom stereocenters. The fraction of sp³-hybridized carbons (Fsp3) is 0.226. The van der Waals surface area contributed by atoms with E-state index in [1.165, 1.54) is 24.9 Å². The van der Waals surface area contributed by atoms with Crippen LogP contribution in [0.15, 0.2) is 74.0 Å². The Kier molecular flexibility index (Phi) is 7.86. The van der Waals surface area contributed by atoms with Crippen LogP contribution in [-0.2, 0) is 9.53 Å². The van der Waals surface area contributed by atoms with Crippen molar-refractivity contribution in [1.82, 2.24) is 4.57 Å². The van der Waals surface area contributed by atoms with Gasteiger partial charge in [-0.1, -0.05) is 17.4 Å². The number of rotatable bonds is 8. The first-order valence-electron chi connectivity index (χ1n) is 13.0. The van der Waals surface area contributed by atoms with E-state index in [-0.39, 0.29) is 23.3 Å². The Morgan fingerprint density at radius 2 is 1.88 bits per heavy atom. The number of allylic oxidation sites excluding steroid dienone is 1. The van der Waals surface area contributed by atoms with Gasteiger partial charge in [0.2, 0.25) is 0 Å². The maximum atomic E-state index is 14.0. The molecule has 10 nitrogen and oxygen atoms in total. The number of fused-ring (bicyclic) bond motifs is 1. The lowest BCUT2D eigenvalue weighted by molar-refractivity contribution is -0.139. The van der Waals surface area contributed by atoms with Crippen LogP contribution in [0.4, 0.5) is 0 Å². The summed E-state index contributed by atoms with van der Waals surface area (Å²) in [7, 11) is 3.04. The molecule has 3 heterocycles. The number of nitrogens with zero attached hydrogens (tertiary/aromatic N) is 2. The summed E-state index contributed by atoms with van der Waals surface area (Å²) in [5.74, 6) is 0.223. The number of aromatic nitrogens is 1. The molecule has 0 amide bonds. The largest absolute Gasteiger partial charge is 0.497 e. The lowest BCUT2D eigenvalue weighted by Gasteiger charge is -2.26. The average molecular weight is 589 g/mol. The molecule has 1 N–H and O–H groups in total. The molecular formula is C31H28N2O8S. The molecule has 0 saturated heterocycles. The summed E-state index contributed by atoms with van der Waals surface area (Å²) in [5, 5.41) is 9.40. The lowest BCUT2D eigenvalue weighted by atomic mass is 9.95. The van der Waals surface area contributed by atoms with Crippen molar-refractivity contribution in [2.24, 2.45) is 4.99 Å². The van der Waals surface area contributed by atoms with Crippen molar-refractivity contribution in [3.8, 4) is 22.8 Å². The number of carbonyl (C=O) groups excluding carboxylic acids is 1. The SMILES string of the molecule is CCOC(=O)C1=C(C)N=c2s/c(=C\c3ccc(-c4cc(C(=O)O)ccc4C)o3)c(=O)n2[C@@H]1c1cc(OC)ccc1OC. The van der Waals surface area contributed by atoms with Crippen molar-refractivity contribution in [3.05, 3.63) is 102 Å². The van der Waals surface area contributed by atoms with Gasteiger partial charge >= 0.3 is 11.9 Å². The molecule has 42 heavy (non-hydrogen) atoms. The first-order valence-corrected chi connectivity index (χ1v) is 13.8.